The number of nitrogens with one attached hydrogen (secondary N) is 1. The molecule has 1 atom stereocenters. The van der Waals surface area contributed by atoms with Crippen LogP contribution in [0.4, 0.5) is 5.69 Å². The lowest BCUT2D eigenvalue weighted by Gasteiger charge is -2.15. The van der Waals surface area contributed by atoms with Gasteiger partial charge in [0.05, 0.1) is 5.92 Å². The quantitative estimate of drug-likeness (QED) is 0.759. The van der Waals surface area contributed by atoms with Crippen molar-refractivity contribution < 1.29 is 4.79 Å². The van der Waals surface area contributed by atoms with E-state index >= 15 is 0 Å². The van der Waals surface area contributed by atoms with E-state index in [-0.39, 0.29) is 11.8 Å². The van der Waals surface area contributed by atoms with Crippen molar-refractivity contribution >= 4 is 11.6 Å². The third-order valence-corrected chi connectivity index (χ3v) is 4.95. The Labute approximate surface area is 153 Å². The molecule has 2 heterocycles. The summed E-state index contributed by atoms with van der Waals surface area (Å²) in [4.78, 5) is 12.7. The zero-order valence-corrected chi connectivity index (χ0v) is 14.9. The van der Waals surface area contributed by atoms with Gasteiger partial charge in [0.2, 0.25) is 5.91 Å². The molecule has 5 nitrogen and oxygen atoms in total. The van der Waals surface area contributed by atoms with Crippen molar-refractivity contribution in [2.75, 3.05) is 5.32 Å². The molecule has 132 valence electrons. The van der Waals surface area contributed by atoms with E-state index in [9.17, 15) is 4.79 Å². The minimum Gasteiger partial charge on any atom is -0.326 e. The van der Waals surface area contributed by atoms with Gasteiger partial charge in [-0.05, 0) is 42.7 Å². The molecule has 2 aromatic carbocycles. The van der Waals surface area contributed by atoms with E-state index in [1.165, 1.54) is 0 Å². The summed E-state index contributed by atoms with van der Waals surface area (Å²) in [5.74, 6) is 1.85. The molecule has 1 amide bonds. The molecule has 1 N–H and O–H groups in total. The van der Waals surface area contributed by atoms with Gasteiger partial charge in [-0.25, -0.2) is 0 Å². The van der Waals surface area contributed by atoms with Crippen molar-refractivity contribution in [1.82, 2.24) is 14.8 Å². The van der Waals surface area contributed by atoms with E-state index in [0.717, 1.165) is 54.3 Å². The predicted molar refractivity (Wildman–Crippen MR) is 102 cm³/mol. The lowest BCUT2D eigenvalue weighted by atomic mass is 9.95. The number of hydrogen-bond acceptors (Lipinski definition) is 3. The number of hydrogen-bond donors (Lipinski definition) is 1. The van der Waals surface area contributed by atoms with E-state index in [4.69, 9.17) is 0 Å². The SMILES string of the molecule is CC[C@@H](C(=O)Nc1ccc(-c2nnc3n2CCC3)cc1)c1ccccc1. The number of nitrogens with zero attached hydrogens (tertiary/aromatic N) is 3. The Hall–Kier alpha value is -2.95. The number of carbonyl (C=O) groups excluding carboxylic acids is 1. The average molecular weight is 346 g/mol. The molecule has 1 aromatic heterocycles. The Kier molecular flexibility index (Phi) is 4.52. The largest absolute Gasteiger partial charge is 0.326 e. The molecular formula is C21H22N4O. The number of carbonyl (C=O) groups is 1. The van der Waals surface area contributed by atoms with E-state index in [0.29, 0.717) is 0 Å². The van der Waals surface area contributed by atoms with Gasteiger partial charge >= 0.3 is 0 Å². The van der Waals surface area contributed by atoms with Crippen molar-refractivity contribution in [2.45, 2.75) is 38.6 Å². The Morgan fingerprint density at radius 3 is 2.62 bits per heavy atom. The fraction of sp³-hybridized carbons (Fsp3) is 0.286. The monoisotopic (exact) mass is 346 g/mol. The zero-order chi connectivity index (χ0) is 17.9. The maximum absolute atomic E-state index is 12.7. The maximum atomic E-state index is 12.7. The number of benzene rings is 2. The average Bonchev–Trinajstić information content (AvgIpc) is 3.28. The number of rotatable bonds is 5. The molecule has 0 unspecified atom stereocenters. The number of aryl methyl sites for hydroxylation is 1. The van der Waals surface area contributed by atoms with E-state index in [1.54, 1.807) is 0 Å². The highest BCUT2D eigenvalue weighted by molar-refractivity contribution is 5.96. The zero-order valence-electron chi connectivity index (χ0n) is 14.9. The van der Waals surface area contributed by atoms with E-state index in [2.05, 4.69) is 20.1 Å². The van der Waals surface area contributed by atoms with Crippen molar-refractivity contribution in [1.29, 1.82) is 0 Å². The van der Waals surface area contributed by atoms with Gasteiger partial charge in [-0.15, -0.1) is 10.2 Å². The molecule has 0 saturated carbocycles. The topological polar surface area (TPSA) is 59.8 Å². The van der Waals surface area contributed by atoms with Gasteiger partial charge in [0.1, 0.15) is 5.82 Å². The van der Waals surface area contributed by atoms with Gasteiger partial charge < -0.3 is 9.88 Å². The van der Waals surface area contributed by atoms with Crippen LogP contribution in [0.25, 0.3) is 11.4 Å². The third-order valence-electron chi connectivity index (χ3n) is 4.95. The highest BCUT2D eigenvalue weighted by Crippen LogP contribution is 2.26. The highest BCUT2D eigenvalue weighted by Gasteiger charge is 2.20. The minimum atomic E-state index is -0.143. The van der Waals surface area contributed by atoms with Crippen LogP contribution >= 0.6 is 0 Å². The van der Waals surface area contributed by atoms with Gasteiger partial charge in [0.15, 0.2) is 5.82 Å². The lowest BCUT2D eigenvalue weighted by Crippen LogP contribution is -2.20. The van der Waals surface area contributed by atoms with Crippen molar-refractivity contribution in [3.05, 3.63) is 66.0 Å². The van der Waals surface area contributed by atoms with Crippen molar-refractivity contribution in [3.63, 3.8) is 0 Å². The van der Waals surface area contributed by atoms with Crippen LogP contribution in [0.3, 0.4) is 0 Å². The summed E-state index contributed by atoms with van der Waals surface area (Å²) in [5, 5.41) is 11.6. The van der Waals surface area contributed by atoms with Crippen LogP contribution in [0.2, 0.25) is 0 Å². The Morgan fingerprint density at radius 1 is 1.12 bits per heavy atom. The van der Waals surface area contributed by atoms with Crippen molar-refractivity contribution in [2.24, 2.45) is 0 Å². The van der Waals surface area contributed by atoms with Crippen LogP contribution < -0.4 is 5.32 Å². The predicted octanol–water partition coefficient (Wildman–Crippen LogP) is 4.02. The summed E-state index contributed by atoms with van der Waals surface area (Å²) in [7, 11) is 0. The van der Waals surface area contributed by atoms with Crippen LogP contribution in [0.5, 0.6) is 0 Å². The number of aromatic nitrogens is 3. The molecular weight excluding hydrogens is 324 g/mol. The summed E-state index contributed by atoms with van der Waals surface area (Å²) < 4.78 is 2.18. The van der Waals surface area contributed by atoms with Gasteiger partial charge in [0, 0.05) is 24.2 Å². The Bertz CT molecular complexity index is 900. The molecule has 0 spiro atoms. The minimum absolute atomic E-state index is 0.0230. The van der Waals surface area contributed by atoms with Crippen LogP contribution in [0.1, 0.15) is 37.1 Å². The maximum Gasteiger partial charge on any atom is 0.231 e. The van der Waals surface area contributed by atoms with Gasteiger partial charge in [-0.2, -0.15) is 0 Å². The highest BCUT2D eigenvalue weighted by atomic mass is 16.1. The van der Waals surface area contributed by atoms with Crippen LogP contribution in [0.15, 0.2) is 54.6 Å². The van der Waals surface area contributed by atoms with E-state index < -0.39 is 0 Å². The standard InChI is InChI=1S/C21H22N4O/c1-2-18(15-7-4-3-5-8-15)21(26)22-17-12-10-16(11-13-17)20-24-23-19-9-6-14-25(19)20/h3-5,7-8,10-13,18H,2,6,9,14H2,1H3,(H,22,26)/t18-/m1/s1. The first-order chi connectivity index (χ1) is 12.8. The summed E-state index contributed by atoms with van der Waals surface area (Å²) in [5.41, 5.74) is 2.87. The first-order valence-corrected chi connectivity index (χ1v) is 9.14. The molecule has 0 aliphatic carbocycles. The second-order valence-electron chi connectivity index (χ2n) is 6.63. The van der Waals surface area contributed by atoms with Gasteiger partial charge in [-0.1, -0.05) is 37.3 Å². The number of fused-ring (bicyclic) bond motifs is 1. The summed E-state index contributed by atoms with van der Waals surface area (Å²) in [6, 6.07) is 17.8. The molecule has 0 fully saturated rings. The lowest BCUT2D eigenvalue weighted by molar-refractivity contribution is -0.117. The normalized spacial score (nSPS) is 14.0. The van der Waals surface area contributed by atoms with Gasteiger partial charge in [-0.3, -0.25) is 4.79 Å². The summed E-state index contributed by atoms with van der Waals surface area (Å²) >= 11 is 0. The number of anilines is 1. The molecule has 3 aromatic rings. The molecule has 0 radical (unpaired) electrons. The number of amides is 1. The van der Waals surface area contributed by atoms with Crippen LogP contribution in [-0.2, 0) is 17.8 Å². The van der Waals surface area contributed by atoms with E-state index in [1.807, 2.05) is 61.5 Å². The first kappa shape index (κ1) is 16.5. The molecule has 0 bridgehead atoms. The van der Waals surface area contributed by atoms with Crippen LogP contribution in [0, 0.1) is 0 Å². The third kappa shape index (κ3) is 3.12. The smallest absolute Gasteiger partial charge is 0.231 e. The Balaban J connectivity index is 1.49. The second-order valence-corrected chi connectivity index (χ2v) is 6.63. The van der Waals surface area contributed by atoms with Crippen molar-refractivity contribution in [3.8, 4) is 11.4 Å². The molecule has 0 saturated heterocycles. The van der Waals surface area contributed by atoms with Gasteiger partial charge in [0.25, 0.3) is 0 Å². The molecule has 5 heteroatoms. The first-order valence-electron chi connectivity index (χ1n) is 9.14. The second kappa shape index (κ2) is 7.12. The molecule has 1 aliphatic rings. The molecule has 26 heavy (non-hydrogen) atoms. The fourth-order valence-electron chi connectivity index (χ4n) is 3.55. The Morgan fingerprint density at radius 2 is 1.88 bits per heavy atom. The molecule has 1 aliphatic heterocycles. The van der Waals surface area contributed by atoms with Crippen LogP contribution in [-0.4, -0.2) is 20.7 Å². The summed E-state index contributed by atoms with van der Waals surface area (Å²) in [6.45, 7) is 3.01. The summed E-state index contributed by atoms with van der Waals surface area (Å²) in [6.07, 6.45) is 2.89. The fourth-order valence-corrected chi connectivity index (χ4v) is 3.55. The molecule has 4 rings (SSSR count).